The lowest BCUT2D eigenvalue weighted by Gasteiger charge is -2.13. The lowest BCUT2D eigenvalue weighted by Crippen LogP contribution is -2.34. The molecule has 118 valence electrons. The molecular weight excluding hydrogens is 334 g/mol. The van der Waals surface area contributed by atoms with E-state index in [4.69, 9.17) is 0 Å². The fourth-order valence-corrected chi connectivity index (χ4v) is 3.90. The Hall–Kier alpha value is -1.05. The molecule has 0 aliphatic carbocycles. The van der Waals surface area contributed by atoms with Crippen LogP contribution in [0.15, 0.2) is 39.8 Å². The Morgan fingerprint density at radius 2 is 2.14 bits per heavy atom. The third-order valence-electron chi connectivity index (χ3n) is 3.01. The van der Waals surface area contributed by atoms with Crippen molar-refractivity contribution in [1.82, 2.24) is 14.7 Å². The van der Waals surface area contributed by atoms with Crippen LogP contribution < -0.4 is 5.32 Å². The topological polar surface area (TPSA) is 54.9 Å². The quantitative estimate of drug-likeness (QED) is 0.736. The maximum absolute atomic E-state index is 11.9. The van der Waals surface area contributed by atoms with Crippen molar-refractivity contribution < 1.29 is 4.79 Å². The van der Waals surface area contributed by atoms with Gasteiger partial charge in [-0.2, -0.15) is 4.37 Å². The predicted molar refractivity (Wildman–Crippen MR) is 94.8 cm³/mol. The van der Waals surface area contributed by atoms with Crippen molar-refractivity contribution in [2.24, 2.45) is 0 Å². The summed E-state index contributed by atoms with van der Waals surface area (Å²) >= 11 is 4.30. The normalized spacial score (nSPS) is 12.1. The van der Waals surface area contributed by atoms with Crippen LogP contribution in [0.4, 0.5) is 0 Å². The number of aryl methyl sites for hydroxylation is 1. The maximum Gasteiger partial charge on any atom is 0.230 e. The van der Waals surface area contributed by atoms with Crippen LogP contribution in [0.3, 0.4) is 0 Å². The summed E-state index contributed by atoms with van der Waals surface area (Å²) in [6.45, 7) is 2.04. The highest BCUT2D eigenvalue weighted by Crippen LogP contribution is 2.23. The first kappa shape index (κ1) is 17.3. The first-order valence-electron chi connectivity index (χ1n) is 7.01. The molecule has 1 atom stereocenters. The van der Waals surface area contributed by atoms with Gasteiger partial charge in [0.2, 0.25) is 11.1 Å². The molecule has 4 nitrogen and oxygen atoms in total. The Labute approximate surface area is 143 Å². The van der Waals surface area contributed by atoms with E-state index in [2.05, 4.69) is 26.8 Å². The van der Waals surface area contributed by atoms with Crippen LogP contribution in [0, 0.1) is 0 Å². The molecule has 0 radical (unpaired) electrons. The largest absolute Gasteiger partial charge is 0.353 e. The number of hydrogen-bond donors (Lipinski definition) is 1. The summed E-state index contributed by atoms with van der Waals surface area (Å²) in [6.07, 6.45) is 3.86. The molecule has 0 fully saturated rings. The van der Waals surface area contributed by atoms with Crippen molar-refractivity contribution in [2.75, 3.05) is 12.0 Å². The van der Waals surface area contributed by atoms with Gasteiger partial charge in [0, 0.05) is 6.04 Å². The van der Waals surface area contributed by atoms with Crippen molar-refractivity contribution in [3.05, 3.63) is 35.9 Å². The summed E-state index contributed by atoms with van der Waals surface area (Å²) in [5.74, 6) is 0.435. The highest BCUT2D eigenvalue weighted by atomic mass is 32.2. The van der Waals surface area contributed by atoms with Crippen LogP contribution in [-0.4, -0.2) is 33.3 Å². The highest BCUT2D eigenvalue weighted by molar-refractivity contribution is 8.01. The number of carbonyl (C=O) groups excluding carboxylic acids is 1. The number of carbonyl (C=O) groups is 1. The molecule has 2 rings (SSSR count). The van der Waals surface area contributed by atoms with Crippen LogP contribution in [-0.2, 0) is 11.2 Å². The van der Waals surface area contributed by atoms with Crippen LogP contribution in [0.1, 0.15) is 18.9 Å². The van der Waals surface area contributed by atoms with Gasteiger partial charge in [-0.15, -0.1) is 0 Å². The van der Waals surface area contributed by atoms with Crippen LogP contribution in [0.25, 0.3) is 0 Å². The standard InChI is InChI=1S/C15H19N3OS3/c1-11(8-9-12-6-4-3-5-7-12)16-13(19)10-21-15-17-14(20-2)18-22-15/h3-7,11H,8-10H2,1-2H3,(H,16,19)/t11-/m1/s1. The van der Waals surface area contributed by atoms with Crippen molar-refractivity contribution in [3.63, 3.8) is 0 Å². The van der Waals surface area contributed by atoms with Gasteiger partial charge >= 0.3 is 0 Å². The minimum Gasteiger partial charge on any atom is -0.353 e. The second-order valence-electron chi connectivity index (χ2n) is 4.83. The van der Waals surface area contributed by atoms with E-state index in [1.807, 2.05) is 31.4 Å². The number of rotatable bonds is 8. The SMILES string of the molecule is CSc1nsc(SCC(=O)N[C@H](C)CCc2ccccc2)n1. The number of hydrogen-bond acceptors (Lipinski definition) is 6. The van der Waals surface area contributed by atoms with Gasteiger partial charge in [0.1, 0.15) is 0 Å². The smallest absolute Gasteiger partial charge is 0.230 e. The molecule has 1 aromatic carbocycles. The van der Waals surface area contributed by atoms with E-state index in [9.17, 15) is 4.79 Å². The molecule has 0 aliphatic rings. The monoisotopic (exact) mass is 353 g/mol. The second kappa shape index (κ2) is 9.17. The first-order chi connectivity index (χ1) is 10.7. The number of nitrogens with zero attached hydrogens (tertiary/aromatic N) is 2. The Morgan fingerprint density at radius 1 is 1.36 bits per heavy atom. The van der Waals surface area contributed by atoms with Gasteiger partial charge in [-0.05, 0) is 43.1 Å². The van der Waals surface area contributed by atoms with E-state index < -0.39 is 0 Å². The van der Waals surface area contributed by atoms with Crippen molar-refractivity contribution in [2.45, 2.75) is 35.3 Å². The average Bonchev–Trinajstić information content (AvgIpc) is 3.00. The maximum atomic E-state index is 11.9. The Kier molecular flexibility index (Phi) is 7.21. The second-order valence-corrected chi connectivity index (χ2v) is 7.58. The molecule has 0 aliphatic heterocycles. The third kappa shape index (κ3) is 5.98. The summed E-state index contributed by atoms with van der Waals surface area (Å²) < 4.78 is 5.02. The van der Waals surface area contributed by atoms with Gasteiger partial charge in [0.05, 0.1) is 5.75 Å². The van der Waals surface area contributed by atoms with E-state index in [1.54, 1.807) is 0 Å². The third-order valence-corrected chi connectivity index (χ3v) is 5.51. The Bertz CT molecular complexity index is 589. The molecule has 2 aromatic rings. The fraction of sp³-hybridized carbons (Fsp3) is 0.400. The number of amides is 1. The number of benzene rings is 1. The lowest BCUT2D eigenvalue weighted by atomic mass is 10.1. The molecular formula is C15H19N3OS3. The highest BCUT2D eigenvalue weighted by Gasteiger charge is 2.10. The van der Waals surface area contributed by atoms with Gasteiger partial charge in [0.25, 0.3) is 0 Å². The molecule has 0 bridgehead atoms. The zero-order valence-electron chi connectivity index (χ0n) is 12.6. The van der Waals surface area contributed by atoms with E-state index >= 15 is 0 Å². The summed E-state index contributed by atoms with van der Waals surface area (Å²) in [5.41, 5.74) is 1.30. The minimum atomic E-state index is 0.0477. The lowest BCUT2D eigenvalue weighted by molar-refractivity contribution is -0.119. The number of aromatic nitrogens is 2. The average molecular weight is 354 g/mol. The Balaban J connectivity index is 1.67. The molecule has 1 N–H and O–H groups in total. The van der Waals surface area contributed by atoms with E-state index in [-0.39, 0.29) is 11.9 Å². The van der Waals surface area contributed by atoms with Crippen LogP contribution >= 0.6 is 35.1 Å². The van der Waals surface area contributed by atoms with Crippen molar-refractivity contribution >= 4 is 41.0 Å². The predicted octanol–water partition coefficient (Wildman–Crippen LogP) is 3.49. The van der Waals surface area contributed by atoms with Gasteiger partial charge in [-0.1, -0.05) is 53.9 Å². The van der Waals surface area contributed by atoms with Gasteiger partial charge in [0.15, 0.2) is 4.34 Å². The fourth-order valence-electron chi connectivity index (χ4n) is 1.88. The molecule has 0 spiro atoms. The summed E-state index contributed by atoms with van der Waals surface area (Å²) in [4.78, 5) is 16.2. The summed E-state index contributed by atoms with van der Waals surface area (Å²) in [5, 5.41) is 3.80. The molecule has 0 saturated carbocycles. The molecule has 1 aromatic heterocycles. The molecule has 22 heavy (non-hydrogen) atoms. The van der Waals surface area contributed by atoms with E-state index in [1.165, 1.54) is 40.6 Å². The molecule has 0 unspecified atom stereocenters. The summed E-state index contributed by atoms with van der Waals surface area (Å²) in [6, 6.07) is 10.5. The molecule has 1 heterocycles. The first-order valence-corrected chi connectivity index (χ1v) is 9.99. The van der Waals surface area contributed by atoms with Crippen LogP contribution in [0.5, 0.6) is 0 Å². The van der Waals surface area contributed by atoms with Gasteiger partial charge < -0.3 is 5.32 Å². The van der Waals surface area contributed by atoms with Gasteiger partial charge in [-0.25, -0.2) is 4.98 Å². The van der Waals surface area contributed by atoms with Crippen molar-refractivity contribution in [1.29, 1.82) is 0 Å². The summed E-state index contributed by atoms with van der Waals surface area (Å²) in [7, 11) is 0. The number of nitrogens with one attached hydrogen (secondary N) is 1. The van der Waals surface area contributed by atoms with E-state index in [0.717, 1.165) is 22.3 Å². The minimum absolute atomic E-state index is 0.0477. The molecule has 1 amide bonds. The number of thioether (sulfide) groups is 2. The van der Waals surface area contributed by atoms with Crippen molar-refractivity contribution in [3.8, 4) is 0 Å². The van der Waals surface area contributed by atoms with Crippen LogP contribution in [0.2, 0.25) is 0 Å². The zero-order chi connectivity index (χ0) is 15.8. The molecule has 0 saturated heterocycles. The van der Waals surface area contributed by atoms with E-state index in [0.29, 0.717) is 5.75 Å². The molecule has 7 heteroatoms. The van der Waals surface area contributed by atoms with Gasteiger partial charge in [-0.3, -0.25) is 4.79 Å². The zero-order valence-corrected chi connectivity index (χ0v) is 15.1. The Morgan fingerprint density at radius 3 is 2.82 bits per heavy atom.